The van der Waals surface area contributed by atoms with Crippen LogP contribution in [0.15, 0.2) is 42.5 Å². The minimum atomic E-state index is -0.833. The van der Waals surface area contributed by atoms with E-state index in [2.05, 4.69) is 0 Å². The van der Waals surface area contributed by atoms with Gasteiger partial charge in [0.1, 0.15) is 11.5 Å². The molecule has 2 aromatic carbocycles. The fraction of sp³-hybridized carbons (Fsp3) is 0.176. The summed E-state index contributed by atoms with van der Waals surface area (Å²) in [6.07, 6.45) is 0. The van der Waals surface area contributed by atoms with Gasteiger partial charge in [0.05, 0.1) is 0 Å². The first-order valence-corrected chi connectivity index (χ1v) is 6.61. The van der Waals surface area contributed by atoms with Gasteiger partial charge in [0.2, 0.25) is 0 Å². The van der Waals surface area contributed by atoms with E-state index in [-0.39, 0.29) is 11.5 Å². The Balaban J connectivity index is 0.000000509. The average molecular weight is 320 g/mol. The van der Waals surface area contributed by atoms with Crippen LogP contribution in [0.3, 0.4) is 0 Å². The number of hydrogen-bond donors (Lipinski definition) is 4. The monoisotopic (exact) mass is 320 g/mol. The quantitative estimate of drug-likeness (QED) is 0.600. The van der Waals surface area contributed by atoms with Gasteiger partial charge in [-0.3, -0.25) is 9.59 Å². The van der Waals surface area contributed by atoms with Gasteiger partial charge in [-0.25, -0.2) is 0 Å². The number of phenols is 2. The van der Waals surface area contributed by atoms with Gasteiger partial charge in [-0.15, -0.1) is 0 Å². The third kappa shape index (κ3) is 9.52. The van der Waals surface area contributed by atoms with Crippen LogP contribution in [0.4, 0.5) is 0 Å². The van der Waals surface area contributed by atoms with Crippen molar-refractivity contribution < 1.29 is 30.0 Å². The fourth-order valence-electron chi connectivity index (χ4n) is 1.49. The van der Waals surface area contributed by atoms with E-state index in [4.69, 9.17) is 19.8 Å². The van der Waals surface area contributed by atoms with Crippen molar-refractivity contribution in [2.24, 2.45) is 0 Å². The lowest BCUT2D eigenvalue weighted by atomic mass is 10.0. The Morgan fingerprint density at radius 2 is 1.26 bits per heavy atom. The molecule has 2 rings (SSSR count). The minimum Gasteiger partial charge on any atom is -0.508 e. The molecule has 0 aromatic heterocycles. The summed E-state index contributed by atoms with van der Waals surface area (Å²) in [6.45, 7) is 4.17. The Morgan fingerprint density at radius 1 is 0.826 bits per heavy atom. The zero-order valence-corrected chi connectivity index (χ0v) is 13.1. The molecule has 6 nitrogen and oxygen atoms in total. The summed E-state index contributed by atoms with van der Waals surface area (Å²) in [7, 11) is 0. The molecule has 0 spiro atoms. The second kappa shape index (κ2) is 9.83. The maximum absolute atomic E-state index is 9.65. The number of carboxylic acid groups (broad SMARTS) is 2. The molecule has 0 saturated heterocycles. The number of phenolic OH excluding ortho intramolecular Hbond substituents is 2. The molecule has 23 heavy (non-hydrogen) atoms. The molecular weight excluding hydrogens is 300 g/mol. The Bertz CT molecular complexity index is 627. The molecule has 0 amide bonds. The Morgan fingerprint density at radius 3 is 1.70 bits per heavy atom. The average Bonchev–Trinajstić information content (AvgIpc) is 2.41. The van der Waals surface area contributed by atoms with E-state index in [0.717, 1.165) is 19.4 Å². The van der Waals surface area contributed by atoms with Crippen molar-refractivity contribution in [3.63, 3.8) is 0 Å². The smallest absolute Gasteiger partial charge is 0.300 e. The number of benzene rings is 2. The molecule has 0 unspecified atom stereocenters. The van der Waals surface area contributed by atoms with E-state index in [1.54, 1.807) is 6.07 Å². The third-order valence-electron chi connectivity index (χ3n) is 2.34. The zero-order valence-electron chi connectivity index (χ0n) is 13.1. The maximum Gasteiger partial charge on any atom is 0.300 e. The Labute approximate surface area is 134 Å². The summed E-state index contributed by atoms with van der Waals surface area (Å²) < 4.78 is 0. The lowest BCUT2D eigenvalue weighted by Gasteiger charge is -2.05. The van der Waals surface area contributed by atoms with Crippen LogP contribution in [-0.2, 0) is 9.59 Å². The van der Waals surface area contributed by atoms with E-state index < -0.39 is 11.9 Å². The number of rotatable bonds is 1. The topological polar surface area (TPSA) is 115 Å². The third-order valence-corrected chi connectivity index (χ3v) is 2.34. The first-order chi connectivity index (χ1) is 10.6. The van der Waals surface area contributed by atoms with E-state index in [1.165, 1.54) is 17.7 Å². The molecule has 0 heterocycles. The molecule has 0 aliphatic heterocycles. The van der Waals surface area contributed by atoms with Gasteiger partial charge in [0.15, 0.2) is 0 Å². The van der Waals surface area contributed by atoms with Crippen LogP contribution in [-0.4, -0.2) is 32.4 Å². The van der Waals surface area contributed by atoms with Crippen molar-refractivity contribution in [2.75, 3.05) is 0 Å². The predicted molar refractivity (Wildman–Crippen MR) is 86.6 cm³/mol. The second-order valence-corrected chi connectivity index (χ2v) is 4.61. The highest BCUT2D eigenvalue weighted by Gasteiger charge is 2.04. The van der Waals surface area contributed by atoms with E-state index in [1.807, 2.05) is 31.2 Å². The molecule has 0 saturated carbocycles. The van der Waals surface area contributed by atoms with Crippen LogP contribution in [0.1, 0.15) is 19.4 Å². The van der Waals surface area contributed by atoms with Crippen LogP contribution < -0.4 is 0 Å². The summed E-state index contributed by atoms with van der Waals surface area (Å²) in [5.41, 5.74) is 2.71. The SMILES string of the molecule is CC(=O)O.CC(=O)O.Cc1ccc(-c2cc(O)ccc2O)cc1. The Hall–Kier alpha value is -3.02. The first kappa shape index (κ1) is 20.0. The molecule has 2 aromatic rings. The second-order valence-electron chi connectivity index (χ2n) is 4.61. The van der Waals surface area contributed by atoms with Gasteiger partial charge in [0, 0.05) is 19.4 Å². The summed E-state index contributed by atoms with van der Waals surface area (Å²) in [6, 6.07) is 12.3. The fourth-order valence-corrected chi connectivity index (χ4v) is 1.49. The van der Waals surface area contributed by atoms with Gasteiger partial charge in [0.25, 0.3) is 11.9 Å². The van der Waals surface area contributed by atoms with Gasteiger partial charge in [-0.05, 0) is 30.7 Å². The van der Waals surface area contributed by atoms with Crippen molar-refractivity contribution in [1.29, 1.82) is 0 Å². The molecule has 0 atom stereocenters. The highest BCUT2D eigenvalue weighted by molar-refractivity contribution is 5.71. The largest absolute Gasteiger partial charge is 0.508 e. The number of aryl methyl sites for hydroxylation is 1. The molecule has 0 radical (unpaired) electrons. The first-order valence-electron chi connectivity index (χ1n) is 6.61. The summed E-state index contributed by atoms with van der Waals surface area (Å²) in [4.78, 5) is 18.0. The molecule has 4 N–H and O–H groups in total. The molecular formula is C17H20O6. The van der Waals surface area contributed by atoms with Crippen LogP contribution in [0.25, 0.3) is 11.1 Å². The highest BCUT2D eigenvalue weighted by atomic mass is 16.4. The van der Waals surface area contributed by atoms with Gasteiger partial charge in [-0.1, -0.05) is 29.8 Å². The number of carbonyl (C=O) groups is 2. The van der Waals surface area contributed by atoms with Crippen molar-refractivity contribution in [2.45, 2.75) is 20.8 Å². The van der Waals surface area contributed by atoms with E-state index >= 15 is 0 Å². The van der Waals surface area contributed by atoms with Crippen molar-refractivity contribution in [1.82, 2.24) is 0 Å². The van der Waals surface area contributed by atoms with Crippen LogP contribution >= 0.6 is 0 Å². The molecule has 0 fully saturated rings. The minimum absolute atomic E-state index is 0.156. The Kier molecular flexibility index (Phi) is 8.54. The highest BCUT2D eigenvalue weighted by Crippen LogP contribution is 2.32. The van der Waals surface area contributed by atoms with Gasteiger partial charge >= 0.3 is 0 Å². The van der Waals surface area contributed by atoms with Crippen molar-refractivity contribution >= 4 is 11.9 Å². The van der Waals surface area contributed by atoms with Gasteiger partial charge in [-0.2, -0.15) is 0 Å². The van der Waals surface area contributed by atoms with Crippen LogP contribution in [0.5, 0.6) is 11.5 Å². The molecule has 0 bridgehead atoms. The van der Waals surface area contributed by atoms with Crippen LogP contribution in [0, 0.1) is 6.92 Å². The number of aliphatic carboxylic acids is 2. The van der Waals surface area contributed by atoms with E-state index in [0.29, 0.717) is 5.56 Å². The lowest BCUT2D eigenvalue weighted by molar-refractivity contribution is -0.135. The van der Waals surface area contributed by atoms with E-state index in [9.17, 15) is 10.2 Å². The normalized spacial score (nSPS) is 8.83. The molecule has 0 aliphatic carbocycles. The standard InChI is InChI=1S/C13H12O2.2C2H4O2/c1-9-2-4-10(5-3-9)12-8-11(14)6-7-13(12)15;2*1-2(3)4/h2-8,14-15H,1H3;2*1H3,(H,3,4). The lowest BCUT2D eigenvalue weighted by Crippen LogP contribution is -1.79. The summed E-state index contributed by atoms with van der Waals surface area (Å²) >= 11 is 0. The van der Waals surface area contributed by atoms with Crippen molar-refractivity contribution in [3.05, 3.63) is 48.0 Å². The summed E-state index contributed by atoms with van der Waals surface area (Å²) in [5, 5.41) is 33.8. The number of aromatic hydroxyl groups is 2. The zero-order chi connectivity index (χ0) is 18.0. The van der Waals surface area contributed by atoms with Crippen molar-refractivity contribution in [3.8, 4) is 22.6 Å². The number of carboxylic acids is 2. The van der Waals surface area contributed by atoms with Gasteiger partial charge < -0.3 is 20.4 Å². The predicted octanol–water partition coefficient (Wildman–Crippen LogP) is 3.26. The summed E-state index contributed by atoms with van der Waals surface area (Å²) in [5.74, 6) is -1.33. The molecule has 6 heteroatoms. The molecule has 124 valence electrons. The number of hydrogen-bond acceptors (Lipinski definition) is 4. The molecule has 0 aliphatic rings. The maximum atomic E-state index is 9.65. The van der Waals surface area contributed by atoms with Crippen LogP contribution in [0.2, 0.25) is 0 Å².